The van der Waals surface area contributed by atoms with Gasteiger partial charge in [-0.25, -0.2) is 17.9 Å². The van der Waals surface area contributed by atoms with Crippen molar-refractivity contribution < 1.29 is 27.4 Å². The smallest absolute Gasteiger partial charge is 0.410 e. The van der Waals surface area contributed by atoms with Crippen molar-refractivity contribution >= 4 is 38.7 Å². The number of halogens is 1. The second kappa shape index (κ2) is 15.9. The van der Waals surface area contributed by atoms with Crippen molar-refractivity contribution in [3.63, 3.8) is 0 Å². The summed E-state index contributed by atoms with van der Waals surface area (Å²) in [4.78, 5) is 14.4. The summed E-state index contributed by atoms with van der Waals surface area (Å²) in [5, 5.41) is 9.29. The van der Waals surface area contributed by atoms with Crippen molar-refractivity contribution in [3.05, 3.63) is 123 Å². The first-order valence-corrected chi connectivity index (χ1v) is 17.5. The quantitative estimate of drug-likeness (QED) is 0.169. The molecule has 11 heteroatoms. The zero-order valence-electron chi connectivity index (χ0n) is 25.0. The molecule has 1 atom stereocenters. The fraction of sp³-hybridized carbons (Fsp3) is 0.257. The van der Waals surface area contributed by atoms with E-state index in [4.69, 9.17) is 14.2 Å². The first-order valence-electron chi connectivity index (χ1n) is 14.9. The molecule has 0 bridgehead atoms. The van der Waals surface area contributed by atoms with Gasteiger partial charge in [-0.1, -0.05) is 60.7 Å². The van der Waals surface area contributed by atoms with Gasteiger partial charge in [0.25, 0.3) is 0 Å². The fourth-order valence-corrected chi connectivity index (χ4v) is 6.78. The van der Waals surface area contributed by atoms with Crippen LogP contribution in [0, 0.1) is 14.9 Å². The minimum Gasteiger partial charge on any atom is -0.491 e. The molecule has 1 aliphatic rings. The number of amides is 1. The number of nitrogens with one attached hydrogen (secondary N) is 1. The van der Waals surface area contributed by atoms with E-state index in [0.29, 0.717) is 49.4 Å². The molecule has 1 fully saturated rings. The highest BCUT2D eigenvalue weighted by atomic mass is 127. The summed E-state index contributed by atoms with van der Waals surface area (Å²) in [7, 11) is -3.81. The molecule has 1 aliphatic heterocycles. The van der Waals surface area contributed by atoms with Gasteiger partial charge in [0, 0.05) is 25.9 Å². The second-order valence-corrected chi connectivity index (χ2v) is 13.8. The molecule has 0 spiro atoms. The summed E-state index contributed by atoms with van der Waals surface area (Å²) in [6.07, 6.45) is 1.39. The second-order valence-electron chi connectivity index (χ2n) is 10.9. The van der Waals surface area contributed by atoms with E-state index >= 15 is 0 Å². The number of hydrogen-bond acceptors (Lipinski definition) is 7. The first-order chi connectivity index (χ1) is 22.3. The van der Waals surface area contributed by atoms with E-state index in [1.165, 1.54) is 0 Å². The van der Waals surface area contributed by atoms with E-state index in [1.54, 1.807) is 53.4 Å². The van der Waals surface area contributed by atoms with Crippen LogP contribution in [-0.4, -0.2) is 51.3 Å². The van der Waals surface area contributed by atoms with Crippen LogP contribution in [0.1, 0.15) is 29.5 Å². The first kappa shape index (κ1) is 33.2. The van der Waals surface area contributed by atoms with Crippen molar-refractivity contribution in [2.45, 2.75) is 42.9 Å². The van der Waals surface area contributed by atoms with E-state index in [-0.39, 0.29) is 30.3 Å². The molecule has 0 saturated carbocycles. The fourth-order valence-electron chi connectivity index (χ4n) is 5.04. The standard InChI is InChI=1S/C35H34IN3O6S/c36-33-16-13-28(23-37)22-34(33)43-25-29(38-46(41,42)32-9-5-2-6-10-32)21-26-11-14-30(15-12-26)45-31-17-19-39(20-18-31)35(40)44-24-27-7-3-1-4-8-27/h1-16,22,29,31,38H,17-21,24-25H2/t29-/m0/s1. The van der Waals surface area contributed by atoms with E-state index in [2.05, 4.69) is 33.4 Å². The number of rotatable bonds is 12. The third-order valence-electron chi connectivity index (χ3n) is 7.49. The molecule has 9 nitrogen and oxygen atoms in total. The van der Waals surface area contributed by atoms with E-state index in [9.17, 15) is 18.5 Å². The SMILES string of the molecule is N#Cc1ccc(I)c(OC[C@H](Cc2ccc(OC3CCN(C(=O)OCc4ccccc4)CC3)cc2)NS(=O)(=O)c2ccccc2)c1. The van der Waals surface area contributed by atoms with Crippen LogP contribution in [-0.2, 0) is 27.8 Å². The number of hydrogen-bond donors (Lipinski definition) is 1. The molecule has 1 saturated heterocycles. The van der Waals surface area contributed by atoms with Crippen molar-refractivity contribution in [1.82, 2.24) is 9.62 Å². The normalized spacial score (nSPS) is 14.2. The third kappa shape index (κ3) is 9.45. The van der Waals surface area contributed by atoms with Crippen LogP contribution in [0.15, 0.2) is 108 Å². The number of piperidine rings is 1. The molecule has 4 aromatic carbocycles. The Labute approximate surface area is 283 Å². The van der Waals surface area contributed by atoms with Crippen molar-refractivity contribution in [2.24, 2.45) is 0 Å². The highest BCUT2D eigenvalue weighted by molar-refractivity contribution is 14.1. The average molecular weight is 752 g/mol. The maximum absolute atomic E-state index is 13.2. The lowest BCUT2D eigenvalue weighted by atomic mass is 10.1. The predicted molar refractivity (Wildman–Crippen MR) is 182 cm³/mol. The highest BCUT2D eigenvalue weighted by Crippen LogP contribution is 2.24. The van der Waals surface area contributed by atoms with Crippen molar-refractivity contribution in [1.29, 1.82) is 5.26 Å². The van der Waals surface area contributed by atoms with Gasteiger partial charge in [-0.2, -0.15) is 5.26 Å². The maximum Gasteiger partial charge on any atom is 0.410 e. The minimum atomic E-state index is -3.81. The molecular weight excluding hydrogens is 717 g/mol. The summed E-state index contributed by atoms with van der Waals surface area (Å²) in [5.74, 6) is 1.22. The Balaban J connectivity index is 1.17. The number of nitriles is 1. The number of ether oxygens (including phenoxy) is 3. The minimum absolute atomic E-state index is 0.0329. The summed E-state index contributed by atoms with van der Waals surface area (Å²) in [6, 6.07) is 32.0. The number of carbonyl (C=O) groups excluding carboxylic acids is 1. The number of nitrogens with zero attached hydrogens (tertiary/aromatic N) is 2. The Morgan fingerprint density at radius 2 is 1.61 bits per heavy atom. The van der Waals surface area contributed by atoms with Crippen LogP contribution in [0.25, 0.3) is 0 Å². The van der Waals surface area contributed by atoms with E-state index < -0.39 is 16.1 Å². The zero-order chi connectivity index (χ0) is 32.4. The molecule has 4 aromatic rings. The summed E-state index contributed by atoms with van der Waals surface area (Å²) in [6.45, 7) is 1.41. The molecule has 5 rings (SSSR count). The molecule has 0 unspecified atom stereocenters. The lowest BCUT2D eigenvalue weighted by Gasteiger charge is -2.31. The molecule has 0 aromatic heterocycles. The molecule has 238 valence electrons. The average Bonchev–Trinajstić information content (AvgIpc) is 3.08. The maximum atomic E-state index is 13.2. The molecular formula is C35H34IN3O6S. The predicted octanol–water partition coefficient (Wildman–Crippen LogP) is 6.31. The van der Waals surface area contributed by atoms with E-state index in [0.717, 1.165) is 14.7 Å². The van der Waals surface area contributed by atoms with Gasteiger partial charge in [0.15, 0.2) is 0 Å². The van der Waals surface area contributed by atoms with Gasteiger partial charge in [-0.3, -0.25) is 0 Å². The van der Waals surface area contributed by atoms with Crippen LogP contribution in [0.4, 0.5) is 4.79 Å². The largest absolute Gasteiger partial charge is 0.491 e. The Bertz CT molecular complexity index is 1740. The Morgan fingerprint density at radius 1 is 0.935 bits per heavy atom. The number of benzene rings is 4. The van der Waals surface area contributed by atoms with Crippen LogP contribution in [0.3, 0.4) is 0 Å². The molecule has 1 amide bonds. The third-order valence-corrected chi connectivity index (χ3v) is 9.92. The summed E-state index contributed by atoms with van der Waals surface area (Å²) >= 11 is 2.12. The number of likely N-dealkylation sites (tertiary alicyclic amines) is 1. The molecule has 1 N–H and O–H groups in total. The van der Waals surface area contributed by atoms with Crippen LogP contribution >= 0.6 is 22.6 Å². The van der Waals surface area contributed by atoms with Gasteiger partial charge in [0.05, 0.1) is 26.1 Å². The van der Waals surface area contributed by atoms with Gasteiger partial charge in [-0.15, -0.1) is 0 Å². The van der Waals surface area contributed by atoms with Gasteiger partial charge in [0.2, 0.25) is 10.0 Å². The van der Waals surface area contributed by atoms with Gasteiger partial charge in [0.1, 0.15) is 30.8 Å². The zero-order valence-corrected chi connectivity index (χ0v) is 28.0. The van der Waals surface area contributed by atoms with Gasteiger partial charge >= 0.3 is 6.09 Å². The van der Waals surface area contributed by atoms with Crippen LogP contribution in [0.2, 0.25) is 0 Å². The van der Waals surface area contributed by atoms with Crippen LogP contribution < -0.4 is 14.2 Å². The van der Waals surface area contributed by atoms with Crippen LogP contribution in [0.5, 0.6) is 11.5 Å². The molecule has 0 radical (unpaired) electrons. The Hall–Kier alpha value is -4.12. The summed E-state index contributed by atoms with van der Waals surface area (Å²) in [5.41, 5.74) is 2.30. The van der Waals surface area contributed by atoms with Crippen molar-refractivity contribution in [3.8, 4) is 17.6 Å². The lowest BCUT2D eigenvalue weighted by molar-refractivity contribution is 0.0638. The number of sulfonamides is 1. The molecule has 46 heavy (non-hydrogen) atoms. The van der Waals surface area contributed by atoms with Gasteiger partial charge < -0.3 is 19.1 Å². The summed E-state index contributed by atoms with van der Waals surface area (Å²) < 4.78 is 47.7. The highest BCUT2D eigenvalue weighted by Gasteiger charge is 2.25. The van der Waals surface area contributed by atoms with Crippen molar-refractivity contribution in [2.75, 3.05) is 19.7 Å². The Kier molecular flexibility index (Phi) is 11.5. The number of carbonyl (C=O) groups is 1. The Morgan fingerprint density at radius 3 is 2.28 bits per heavy atom. The lowest BCUT2D eigenvalue weighted by Crippen LogP contribution is -2.42. The topological polar surface area (TPSA) is 118 Å². The molecule has 0 aliphatic carbocycles. The monoisotopic (exact) mass is 751 g/mol. The molecule has 1 heterocycles. The van der Waals surface area contributed by atoms with Gasteiger partial charge in [-0.05, 0) is 82.6 Å². The van der Waals surface area contributed by atoms with E-state index in [1.807, 2.05) is 54.6 Å².